The van der Waals surface area contributed by atoms with Crippen LogP contribution in [0.5, 0.6) is 0 Å². The normalized spacial score (nSPS) is 25.3. The minimum Gasteiger partial charge on any atom is -0.353 e. The Morgan fingerprint density at radius 1 is 1.26 bits per heavy atom. The molecule has 2 atom stereocenters. The first-order valence-corrected chi connectivity index (χ1v) is 12.3. The Bertz CT molecular complexity index is 914. The van der Waals surface area contributed by atoms with Crippen molar-refractivity contribution in [1.29, 1.82) is 0 Å². The number of hydrogen-bond donors (Lipinski definition) is 1. The number of alkyl halides is 3. The summed E-state index contributed by atoms with van der Waals surface area (Å²) in [6.07, 6.45) is -0.510. The summed E-state index contributed by atoms with van der Waals surface area (Å²) in [5.74, 6) is 0.283. The molecule has 1 aliphatic carbocycles. The van der Waals surface area contributed by atoms with E-state index in [1.165, 1.54) is 0 Å². The molecule has 0 spiro atoms. The van der Waals surface area contributed by atoms with Gasteiger partial charge in [-0.15, -0.1) is 0 Å². The minimum absolute atomic E-state index is 0.00282. The van der Waals surface area contributed by atoms with Gasteiger partial charge in [-0.1, -0.05) is 13.8 Å². The predicted molar refractivity (Wildman–Crippen MR) is 111 cm³/mol. The topological polar surface area (TPSA) is 82.6 Å². The van der Waals surface area contributed by atoms with E-state index in [2.05, 4.69) is 9.71 Å². The molecular weight excluding hydrogens is 433 g/mol. The van der Waals surface area contributed by atoms with Gasteiger partial charge in [-0.25, -0.2) is 18.1 Å². The largest absolute Gasteiger partial charge is 0.416 e. The second kappa shape index (κ2) is 8.57. The number of aromatic nitrogens is 1. The molecular formula is C20H29F3N4O3S. The second-order valence-electron chi connectivity index (χ2n) is 8.82. The third-order valence-electron chi connectivity index (χ3n) is 6.43. The Balaban J connectivity index is 1.68. The number of hydrogen-bond acceptors (Lipinski definition) is 5. The zero-order chi connectivity index (χ0) is 23.0. The Morgan fingerprint density at radius 3 is 2.45 bits per heavy atom. The van der Waals surface area contributed by atoms with Crippen molar-refractivity contribution in [2.75, 3.05) is 37.3 Å². The summed E-state index contributed by atoms with van der Waals surface area (Å²) in [4.78, 5) is 21.0. The van der Waals surface area contributed by atoms with Crippen molar-refractivity contribution in [2.45, 2.75) is 45.3 Å². The Morgan fingerprint density at radius 2 is 1.90 bits per heavy atom. The third kappa shape index (κ3) is 5.31. The van der Waals surface area contributed by atoms with E-state index in [0.29, 0.717) is 45.4 Å². The maximum Gasteiger partial charge on any atom is 0.416 e. The summed E-state index contributed by atoms with van der Waals surface area (Å²) in [6.45, 7) is 5.50. The third-order valence-corrected chi connectivity index (χ3v) is 7.19. The lowest BCUT2D eigenvalue weighted by molar-refractivity contribution is -0.145. The standard InChI is InChI=1S/C20H29F3N4O3S/c1-14(2)19(6-4-16(13-19)25-31(3,29)30)18(28)27-10-8-26(9-11-27)17-12-15(5-7-24-17)20(21,22)23/h5,7,12,14,16,25H,4,6,8-11,13H2,1-3H3/t16-,19+/m0/s1. The fourth-order valence-electron chi connectivity index (χ4n) is 4.67. The number of nitrogens with one attached hydrogen (secondary N) is 1. The molecule has 7 nitrogen and oxygen atoms in total. The van der Waals surface area contributed by atoms with E-state index in [1.807, 2.05) is 13.8 Å². The van der Waals surface area contributed by atoms with E-state index in [4.69, 9.17) is 0 Å². The van der Waals surface area contributed by atoms with Crippen molar-refractivity contribution in [1.82, 2.24) is 14.6 Å². The molecule has 174 valence electrons. The fraction of sp³-hybridized carbons (Fsp3) is 0.700. The van der Waals surface area contributed by atoms with Gasteiger partial charge in [0.1, 0.15) is 5.82 Å². The molecule has 1 aliphatic heterocycles. The molecule has 3 rings (SSSR count). The van der Waals surface area contributed by atoms with E-state index < -0.39 is 27.2 Å². The van der Waals surface area contributed by atoms with E-state index in [1.54, 1.807) is 9.80 Å². The summed E-state index contributed by atoms with van der Waals surface area (Å²) in [6, 6.07) is 1.71. The molecule has 0 aromatic carbocycles. The van der Waals surface area contributed by atoms with Crippen molar-refractivity contribution in [3.05, 3.63) is 23.9 Å². The number of sulfonamides is 1. The summed E-state index contributed by atoms with van der Waals surface area (Å²) in [7, 11) is -3.35. The average Bonchev–Trinajstić information content (AvgIpc) is 3.10. The highest BCUT2D eigenvalue weighted by molar-refractivity contribution is 7.88. The van der Waals surface area contributed by atoms with Crippen molar-refractivity contribution < 1.29 is 26.4 Å². The number of nitrogens with zero attached hydrogens (tertiary/aromatic N) is 3. The smallest absolute Gasteiger partial charge is 0.353 e. The molecule has 1 amide bonds. The molecule has 31 heavy (non-hydrogen) atoms. The lowest BCUT2D eigenvalue weighted by atomic mass is 9.74. The Kier molecular flexibility index (Phi) is 6.57. The van der Waals surface area contributed by atoms with Crippen molar-refractivity contribution in [2.24, 2.45) is 11.3 Å². The van der Waals surface area contributed by atoms with E-state index in [9.17, 15) is 26.4 Å². The van der Waals surface area contributed by atoms with Crippen LogP contribution in [0.15, 0.2) is 18.3 Å². The molecule has 2 heterocycles. The van der Waals surface area contributed by atoms with E-state index >= 15 is 0 Å². The Labute approximate surface area is 181 Å². The first-order chi connectivity index (χ1) is 14.3. The second-order valence-corrected chi connectivity index (χ2v) is 10.6. The molecule has 1 aromatic rings. The summed E-state index contributed by atoms with van der Waals surface area (Å²) >= 11 is 0. The highest BCUT2D eigenvalue weighted by Crippen LogP contribution is 2.46. The zero-order valence-electron chi connectivity index (χ0n) is 17.9. The molecule has 0 unspecified atom stereocenters. The Hall–Kier alpha value is -1.88. The molecule has 1 saturated heterocycles. The average molecular weight is 463 g/mol. The fourth-order valence-corrected chi connectivity index (χ4v) is 5.47. The number of rotatable bonds is 5. The van der Waals surface area contributed by atoms with Crippen LogP contribution in [0, 0.1) is 11.3 Å². The van der Waals surface area contributed by atoms with Gasteiger partial charge in [0.25, 0.3) is 0 Å². The van der Waals surface area contributed by atoms with Crippen LogP contribution in [0.1, 0.15) is 38.7 Å². The van der Waals surface area contributed by atoms with Crippen LogP contribution in [0.25, 0.3) is 0 Å². The number of piperazine rings is 1. The van der Waals surface area contributed by atoms with Gasteiger partial charge < -0.3 is 9.80 Å². The highest BCUT2D eigenvalue weighted by Gasteiger charge is 2.50. The van der Waals surface area contributed by atoms with Gasteiger partial charge in [0.2, 0.25) is 15.9 Å². The predicted octanol–water partition coefficient (Wildman–Crippen LogP) is 2.49. The van der Waals surface area contributed by atoms with Gasteiger partial charge in [-0.2, -0.15) is 13.2 Å². The molecule has 0 radical (unpaired) electrons. The van der Waals surface area contributed by atoms with E-state index in [-0.39, 0.29) is 23.7 Å². The summed E-state index contributed by atoms with van der Waals surface area (Å²) in [5, 5.41) is 0. The van der Waals surface area contributed by atoms with Crippen LogP contribution < -0.4 is 9.62 Å². The van der Waals surface area contributed by atoms with Gasteiger partial charge in [-0.05, 0) is 37.3 Å². The number of carbonyl (C=O) groups is 1. The summed E-state index contributed by atoms with van der Waals surface area (Å²) in [5.41, 5.74) is -1.39. The van der Waals surface area contributed by atoms with Gasteiger partial charge >= 0.3 is 6.18 Å². The molecule has 0 bridgehead atoms. The number of halogens is 3. The van der Waals surface area contributed by atoms with Gasteiger partial charge in [0.15, 0.2) is 0 Å². The lowest BCUT2D eigenvalue weighted by Crippen LogP contribution is -2.54. The molecule has 2 fully saturated rings. The number of amides is 1. The van der Waals surface area contributed by atoms with Crippen LogP contribution >= 0.6 is 0 Å². The maximum absolute atomic E-state index is 13.5. The maximum atomic E-state index is 13.5. The first-order valence-electron chi connectivity index (χ1n) is 10.4. The number of carbonyl (C=O) groups excluding carboxylic acids is 1. The highest BCUT2D eigenvalue weighted by atomic mass is 32.2. The first kappa shape index (κ1) is 23.8. The summed E-state index contributed by atoms with van der Waals surface area (Å²) < 4.78 is 64.8. The van der Waals surface area contributed by atoms with Crippen LogP contribution in [0.4, 0.5) is 19.0 Å². The van der Waals surface area contributed by atoms with Gasteiger partial charge in [0, 0.05) is 38.4 Å². The van der Waals surface area contributed by atoms with Crippen LogP contribution in [-0.4, -0.2) is 62.7 Å². The zero-order valence-corrected chi connectivity index (χ0v) is 18.8. The number of anilines is 1. The molecule has 2 aliphatic rings. The number of pyridine rings is 1. The van der Waals surface area contributed by atoms with Gasteiger partial charge in [0.05, 0.1) is 17.2 Å². The molecule has 1 aromatic heterocycles. The minimum atomic E-state index is -4.43. The van der Waals surface area contributed by atoms with E-state index in [0.717, 1.165) is 24.6 Å². The SMILES string of the molecule is CC(C)[C@@]1(C(=O)N2CCN(c3cc(C(F)(F)F)ccn3)CC2)CC[C@H](NS(C)(=O)=O)C1. The molecule has 1 saturated carbocycles. The lowest BCUT2D eigenvalue weighted by Gasteiger charge is -2.42. The van der Waals surface area contributed by atoms with Crippen molar-refractivity contribution in [3.63, 3.8) is 0 Å². The van der Waals surface area contributed by atoms with Gasteiger partial charge in [-0.3, -0.25) is 4.79 Å². The molecule has 1 N–H and O–H groups in total. The van der Waals surface area contributed by atoms with Crippen LogP contribution in [0.2, 0.25) is 0 Å². The van der Waals surface area contributed by atoms with Crippen LogP contribution in [-0.2, 0) is 21.0 Å². The van der Waals surface area contributed by atoms with Crippen molar-refractivity contribution in [3.8, 4) is 0 Å². The van der Waals surface area contributed by atoms with Crippen molar-refractivity contribution >= 4 is 21.7 Å². The van der Waals surface area contributed by atoms with Crippen LogP contribution in [0.3, 0.4) is 0 Å². The quantitative estimate of drug-likeness (QED) is 0.727. The monoisotopic (exact) mass is 462 g/mol. The molecule has 11 heteroatoms.